The predicted octanol–water partition coefficient (Wildman–Crippen LogP) is 3.60. The van der Waals surface area contributed by atoms with Gasteiger partial charge in [0.1, 0.15) is 5.82 Å². The minimum absolute atomic E-state index is 0.507. The Morgan fingerprint density at radius 3 is 2.50 bits per heavy atom. The Kier molecular flexibility index (Phi) is 2.84. The molecule has 1 aromatic carbocycles. The van der Waals surface area contributed by atoms with E-state index in [-0.39, 0.29) is 0 Å². The van der Waals surface area contributed by atoms with Crippen molar-refractivity contribution in [2.24, 2.45) is 0 Å². The maximum absolute atomic E-state index is 6.22. The van der Waals surface area contributed by atoms with Gasteiger partial charge in [0, 0.05) is 22.3 Å². The molecule has 0 fully saturated rings. The minimum Gasteiger partial charge on any atom is -0.383 e. The summed E-state index contributed by atoms with van der Waals surface area (Å²) in [7, 11) is 0. The zero-order valence-corrected chi connectivity index (χ0v) is 10.0. The van der Waals surface area contributed by atoms with E-state index in [9.17, 15) is 0 Å². The molecular weight excluding hydrogens is 220 g/mol. The first kappa shape index (κ1) is 11.0. The molecule has 82 valence electrons. The highest BCUT2D eigenvalue weighted by atomic mass is 35.5. The molecule has 0 saturated heterocycles. The molecular formula is C13H13ClN2. The molecule has 0 radical (unpaired) electrons. The van der Waals surface area contributed by atoms with Crippen LogP contribution in [0.25, 0.3) is 11.1 Å². The average Bonchev–Trinajstić information content (AvgIpc) is 2.25. The lowest BCUT2D eigenvalue weighted by atomic mass is 10.0. The number of pyridine rings is 1. The Balaban J connectivity index is 2.65. The second kappa shape index (κ2) is 4.14. The van der Waals surface area contributed by atoms with Crippen LogP contribution >= 0.6 is 11.6 Å². The topological polar surface area (TPSA) is 38.9 Å². The first-order valence-corrected chi connectivity index (χ1v) is 5.45. The number of hydrogen-bond acceptors (Lipinski definition) is 2. The van der Waals surface area contributed by atoms with Crippen LogP contribution in [-0.2, 0) is 0 Å². The van der Waals surface area contributed by atoms with Crippen molar-refractivity contribution >= 4 is 17.4 Å². The van der Waals surface area contributed by atoms with E-state index in [4.69, 9.17) is 17.3 Å². The third kappa shape index (κ3) is 1.89. The monoisotopic (exact) mass is 232 g/mol. The van der Waals surface area contributed by atoms with Crippen molar-refractivity contribution < 1.29 is 0 Å². The fourth-order valence-corrected chi connectivity index (χ4v) is 1.95. The van der Waals surface area contributed by atoms with Crippen molar-refractivity contribution in [3.8, 4) is 11.1 Å². The van der Waals surface area contributed by atoms with Crippen LogP contribution in [0, 0.1) is 13.8 Å². The molecule has 3 heteroatoms. The van der Waals surface area contributed by atoms with Crippen LogP contribution in [0.5, 0.6) is 0 Å². The third-order valence-electron chi connectivity index (χ3n) is 2.71. The smallest absolute Gasteiger partial charge is 0.131 e. The van der Waals surface area contributed by atoms with Crippen LogP contribution in [0.3, 0.4) is 0 Å². The van der Waals surface area contributed by atoms with Gasteiger partial charge in [-0.15, -0.1) is 0 Å². The maximum Gasteiger partial charge on any atom is 0.131 e. The van der Waals surface area contributed by atoms with Crippen LogP contribution < -0.4 is 5.73 Å². The summed E-state index contributed by atoms with van der Waals surface area (Å²) in [6, 6.07) is 7.79. The predicted molar refractivity (Wildman–Crippen MR) is 68.6 cm³/mol. The lowest BCUT2D eigenvalue weighted by Gasteiger charge is -2.09. The van der Waals surface area contributed by atoms with E-state index in [0.717, 1.165) is 11.1 Å². The van der Waals surface area contributed by atoms with Crippen LogP contribution in [0.4, 0.5) is 5.82 Å². The molecule has 16 heavy (non-hydrogen) atoms. The van der Waals surface area contributed by atoms with Gasteiger partial charge in [0.25, 0.3) is 0 Å². The fourth-order valence-electron chi connectivity index (χ4n) is 1.63. The number of benzene rings is 1. The first-order chi connectivity index (χ1) is 7.59. The molecule has 1 aromatic heterocycles. The number of aryl methyl sites for hydroxylation is 2. The molecule has 1 heterocycles. The van der Waals surface area contributed by atoms with E-state index >= 15 is 0 Å². The molecule has 0 bridgehead atoms. The van der Waals surface area contributed by atoms with E-state index in [1.165, 1.54) is 11.1 Å². The normalized spacial score (nSPS) is 10.4. The van der Waals surface area contributed by atoms with Gasteiger partial charge in [0.15, 0.2) is 0 Å². The van der Waals surface area contributed by atoms with Crippen molar-refractivity contribution in [2.45, 2.75) is 13.8 Å². The van der Waals surface area contributed by atoms with Gasteiger partial charge in [-0.25, -0.2) is 4.98 Å². The van der Waals surface area contributed by atoms with Gasteiger partial charge in [0.2, 0.25) is 0 Å². The molecule has 0 aliphatic heterocycles. The molecule has 0 amide bonds. The van der Waals surface area contributed by atoms with Crippen molar-refractivity contribution in [3.05, 3.63) is 46.6 Å². The molecule has 0 unspecified atom stereocenters. The second-order valence-electron chi connectivity index (χ2n) is 3.85. The first-order valence-electron chi connectivity index (χ1n) is 5.07. The van der Waals surface area contributed by atoms with Crippen LogP contribution in [0.1, 0.15) is 11.1 Å². The van der Waals surface area contributed by atoms with Crippen LogP contribution in [0.15, 0.2) is 30.5 Å². The molecule has 2 N–H and O–H groups in total. The van der Waals surface area contributed by atoms with Gasteiger partial charge in [-0.05, 0) is 49.2 Å². The van der Waals surface area contributed by atoms with E-state index in [0.29, 0.717) is 10.8 Å². The summed E-state index contributed by atoms with van der Waals surface area (Å²) in [6.07, 6.45) is 1.67. The van der Waals surface area contributed by atoms with Gasteiger partial charge in [0.05, 0.1) is 0 Å². The van der Waals surface area contributed by atoms with Crippen molar-refractivity contribution in [3.63, 3.8) is 0 Å². The van der Waals surface area contributed by atoms with Gasteiger partial charge in [-0.2, -0.15) is 0 Å². The largest absolute Gasteiger partial charge is 0.383 e. The van der Waals surface area contributed by atoms with E-state index < -0.39 is 0 Å². The summed E-state index contributed by atoms with van der Waals surface area (Å²) in [5, 5.41) is 0.711. The molecule has 0 aliphatic carbocycles. The molecule has 0 spiro atoms. The SMILES string of the molecule is Cc1cc(Cl)c(-c2cccnc2N)cc1C. The summed E-state index contributed by atoms with van der Waals surface area (Å²) in [5.74, 6) is 0.507. The fraction of sp³-hybridized carbons (Fsp3) is 0.154. The summed E-state index contributed by atoms with van der Waals surface area (Å²) in [6.45, 7) is 4.10. The average molecular weight is 233 g/mol. The Morgan fingerprint density at radius 2 is 1.81 bits per heavy atom. The number of halogens is 1. The molecule has 0 saturated carbocycles. The molecule has 2 aromatic rings. The minimum atomic E-state index is 0.507. The van der Waals surface area contributed by atoms with Gasteiger partial charge >= 0.3 is 0 Å². The summed E-state index contributed by atoms with van der Waals surface area (Å²) < 4.78 is 0. The van der Waals surface area contributed by atoms with Gasteiger partial charge < -0.3 is 5.73 Å². The number of nitrogens with zero attached hydrogens (tertiary/aromatic N) is 1. The highest BCUT2D eigenvalue weighted by Crippen LogP contribution is 2.32. The van der Waals surface area contributed by atoms with E-state index in [1.807, 2.05) is 31.2 Å². The second-order valence-corrected chi connectivity index (χ2v) is 4.26. The highest BCUT2D eigenvalue weighted by Gasteiger charge is 2.08. The van der Waals surface area contributed by atoms with Gasteiger partial charge in [-0.1, -0.05) is 11.6 Å². The van der Waals surface area contributed by atoms with Crippen molar-refractivity contribution in [2.75, 3.05) is 5.73 Å². The Hall–Kier alpha value is -1.54. The number of hydrogen-bond donors (Lipinski definition) is 1. The lowest BCUT2D eigenvalue weighted by molar-refractivity contribution is 1.31. The zero-order chi connectivity index (χ0) is 11.7. The summed E-state index contributed by atoms with van der Waals surface area (Å²) >= 11 is 6.22. The number of anilines is 1. The number of aromatic nitrogens is 1. The number of rotatable bonds is 1. The maximum atomic E-state index is 6.22. The van der Waals surface area contributed by atoms with Crippen molar-refractivity contribution in [1.82, 2.24) is 4.98 Å². The quantitative estimate of drug-likeness (QED) is 0.816. The van der Waals surface area contributed by atoms with Crippen LogP contribution in [0.2, 0.25) is 5.02 Å². The molecule has 0 aliphatic rings. The number of nitrogens with two attached hydrogens (primary N) is 1. The van der Waals surface area contributed by atoms with Crippen molar-refractivity contribution in [1.29, 1.82) is 0 Å². The molecule has 0 atom stereocenters. The Labute approximate surface area is 100 Å². The standard InChI is InChI=1S/C13H13ClN2/c1-8-6-11(12(14)7-9(8)2)10-4-3-5-16-13(10)15/h3-7H,1-2H3,(H2,15,16). The van der Waals surface area contributed by atoms with Gasteiger partial charge in [-0.3, -0.25) is 0 Å². The zero-order valence-electron chi connectivity index (χ0n) is 9.29. The number of nitrogen functional groups attached to an aromatic ring is 1. The Morgan fingerprint density at radius 1 is 1.12 bits per heavy atom. The van der Waals surface area contributed by atoms with E-state index in [2.05, 4.69) is 11.9 Å². The highest BCUT2D eigenvalue weighted by molar-refractivity contribution is 6.33. The molecule has 2 rings (SSSR count). The molecule has 2 nitrogen and oxygen atoms in total. The lowest BCUT2D eigenvalue weighted by Crippen LogP contribution is -1.94. The summed E-state index contributed by atoms with van der Waals surface area (Å²) in [5.41, 5.74) is 10.0. The van der Waals surface area contributed by atoms with E-state index in [1.54, 1.807) is 6.20 Å². The summed E-state index contributed by atoms with van der Waals surface area (Å²) in [4.78, 5) is 4.07. The third-order valence-corrected chi connectivity index (χ3v) is 3.02. The van der Waals surface area contributed by atoms with Crippen LogP contribution in [-0.4, -0.2) is 4.98 Å². The Bertz CT molecular complexity index is 535.